The summed E-state index contributed by atoms with van der Waals surface area (Å²) in [5.74, 6) is 3.10. The van der Waals surface area contributed by atoms with Crippen molar-refractivity contribution >= 4 is 5.91 Å². The quantitative estimate of drug-likeness (QED) is 0.778. The zero-order valence-electron chi connectivity index (χ0n) is 15.0. The second kappa shape index (κ2) is 9.58. The zero-order chi connectivity index (χ0) is 18.1. The monoisotopic (exact) mass is 335 g/mol. The van der Waals surface area contributed by atoms with Gasteiger partial charge in [-0.05, 0) is 37.1 Å². The van der Waals surface area contributed by atoms with Crippen LogP contribution >= 0.6 is 0 Å². The average Bonchev–Trinajstić information content (AvgIpc) is 2.69. The van der Waals surface area contributed by atoms with E-state index in [1.807, 2.05) is 23.1 Å². The number of carbonyl (C=O) groups excluding carboxylic acids is 1. The van der Waals surface area contributed by atoms with Crippen LogP contribution in [0.3, 0.4) is 0 Å². The molecule has 2 aromatic rings. The van der Waals surface area contributed by atoms with Crippen molar-refractivity contribution in [3.63, 3.8) is 0 Å². The molecule has 0 spiro atoms. The van der Waals surface area contributed by atoms with E-state index in [1.165, 1.54) is 6.42 Å². The molecule has 0 radical (unpaired) electrons. The Bertz CT molecular complexity index is 713. The zero-order valence-corrected chi connectivity index (χ0v) is 15.0. The maximum Gasteiger partial charge on any atom is 0.256 e. The lowest BCUT2D eigenvalue weighted by Crippen LogP contribution is -2.38. The number of amides is 1. The van der Waals surface area contributed by atoms with Gasteiger partial charge in [0.2, 0.25) is 0 Å². The van der Waals surface area contributed by atoms with Gasteiger partial charge in [0.1, 0.15) is 0 Å². The van der Waals surface area contributed by atoms with Crippen molar-refractivity contribution in [2.24, 2.45) is 5.92 Å². The maximum atomic E-state index is 12.8. The third-order valence-corrected chi connectivity index (χ3v) is 4.01. The number of nitrogens with zero attached hydrogens (tertiary/aromatic N) is 3. The summed E-state index contributed by atoms with van der Waals surface area (Å²) in [5, 5.41) is 0. The second-order valence-electron chi connectivity index (χ2n) is 6.08. The van der Waals surface area contributed by atoms with Gasteiger partial charge < -0.3 is 4.90 Å². The molecule has 1 amide bonds. The standard InChI is InChI=1S/C18H17N3O.C3H8/c1-2-14-7-12-21(13-8-14)18(22)16-4-3-9-20-17(16)15-5-10-19-11-6-15;1-3-2/h1,3-6,9-11,14H,7-8,12-13H2;3H2,1-2H3. The van der Waals surface area contributed by atoms with Crippen LogP contribution in [0.5, 0.6) is 0 Å². The number of likely N-dealkylation sites (tertiary alicyclic amines) is 1. The lowest BCUT2D eigenvalue weighted by Gasteiger charge is -2.30. The highest BCUT2D eigenvalue weighted by molar-refractivity contribution is 5.99. The van der Waals surface area contributed by atoms with Crippen LogP contribution in [0.1, 0.15) is 43.5 Å². The molecule has 3 rings (SSSR count). The fourth-order valence-electron chi connectivity index (χ4n) is 2.74. The van der Waals surface area contributed by atoms with E-state index in [-0.39, 0.29) is 11.8 Å². The molecule has 1 saturated heterocycles. The van der Waals surface area contributed by atoms with Gasteiger partial charge in [-0.2, -0.15) is 0 Å². The highest BCUT2D eigenvalue weighted by Gasteiger charge is 2.24. The summed E-state index contributed by atoms with van der Waals surface area (Å²) < 4.78 is 0. The van der Waals surface area contributed by atoms with Gasteiger partial charge in [0.05, 0.1) is 11.3 Å². The Balaban J connectivity index is 0.000000701. The van der Waals surface area contributed by atoms with Gasteiger partial charge in [0.15, 0.2) is 0 Å². The van der Waals surface area contributed by atoms with Gasteiger partial charge in [0, 0.05) is 43.2 Å². The van der Waals surface area contributed by atoms with Crippen LogP contribution in [-0.2, 0) is 0 Å². The number of hydrogen-bond donors (Lipinski definition) is 0. The molecule has 1 fully saturated rings. The number of terminal acetylenes is 1. The normalized spacial score (nSPS) is 14.2. The Kier molecular flexibility index (Phi) is 7.16. The van der Waals surface area contributed by atoms with Gasteiger partial charge in [-0.1, -0.05) is 20.3 Å². The van der Waals surface area contributed by atoms with Gasteiger partial charge >= 0.3 is 0 Å². The molecule has 1 aliphatic heterocycles. The smallest absolute Gasteiger partial charge is 0.256 e. The number of hydrogen-bond acceptors (Lipinski definition) is 3. The van der Waals surface area contributed by atoms with Crippen molar-refractivity contribution in [3.8, 4) is 23.6 Å². The molecule has 0 aliphatic carbocycles. The number of rotatable bonds is 2. The van der Waals surface area contributed by atoms with Gasteiger partial charge in [-0.15, -0.1) is 12.3 Å². The van der Waals surface area contributed by atoms with Crippen LogP contribution in [0.15, 0.2) is 42.9 Å². The molecule has 130 valence electrons. The first-order chi connectivity index (χ1) is 12.2. The van der Waals surface area contributed by atoms with Crippen molar-refractivity contribution in [1.29, 1.82) is 0 Å². The van der Waals surface area contributed by atoms with Crippen molar-refractivity contribution in [2.75, 3.05) is 13.1 Å². The van der Waals surface area contributed by atoms with Crippen molar-refractivity contribution in [2.45, 2.75) is 33.1 Å². The fraction of sp³-hybridized carbons (Fsp3) is 0.381. The fourth-order valence-corrected chi connectivity index (χ4v) is 2.74. The largest absolute Gasteiger partial charge is 0.338 e. The Morgan fingerprint density at radius 2 is 1.84 bits per heavy atom. The van der Waals surface area contributed by atoms with E-state index in [0.717, 1.165) is 18.4 Å². The Labute approximate surface area is 150 Å². The molecule has 0 saturated carbocycles. The molecular formula is C21H25N3O. The van der Waals surface area contributed by atoms with E-state index >= 15 is 0 Å². The lowest BCUT2D eigenvalue weighted by molar-refractivity contribution is 0.0708. The minimum absolute atomic E-state index is 0.0235. The first kappa shape index (κ1) is 18.7. The molecule has 25 heavy (non-hydrogen) atoms. The minimum Gasteiger partial charge on any atom is -0.338 e. The third kappa shape index (κ3) is 4.90. The highest BCUT2D eigenvalue weighted by Crippen LogP contribution is 2.24. The average molecular weight is 335 g/mol. The summed E-state index contributed by atoms with van der Waals surface area (Å²) in [6.07, 6.45) is 13.6. The van der Waals surface area contributed by atoms with E-state index in [4.69, 9.17) is 6.42 Å². The molecule has 0 aromatic carbocycles. The van der Waals surface area contributed by atoms with Crippen LogP contribution < -0.4 is 0 Å². The number of carbonyl (C=O) groups is 1. The Morgan fingerprint density at radius 1 is 1.20 bits per heavy atom. The Morgan fingerprint density at radius 3 is 2.44 bits per heavy atom. The van der Waals surface area contributed by atoms with Crippen LogP contribution in [-0.4, -0.2) is 33.9 Å². The SMILES string of the molecule is C#CC1CCN(C(=O)c2cccnc2-c2ccncc2)CC1.CCC. The predicted octanol–water partition coefficient (Wildman–Crippen LogP) is 4.05. The maximum absolute atomic E-state index is 12.8. The summed E-state index contributed by atoms with van der Waals surface area (Å²) in [7, 11) is 0. The molecule has 0 N–H and O–H groups in total. The van der Waals surface area contributed by atoms with Crippen LogP contribution in [0, 0.1) is 18.3 Å². The molecule has 0 bridgehead atoms. The lowest BCUT2D eigenvalue weighted by atomic mass is 9.97. The second-order valence-corrected chi connectivity index (χ2v) is 6.08. The third-order valence-electron chi connectivity index (χ3n) is 4.01. The summed E-state index contributed by atoms with van der Waals surface area (Å²) in [4.78, 5) is 23.1. The van der Waals surface area contributed by atoms with Crippen molar-refractivity contribution in [3.05, 3.63) is 48.4 Å². The molecular weight excluding hydrogens is 310 g/mol. The van der Waals surface area contributed by atoms with E-state index in [2.05, 4.69) is 29.7 Å². The van der Waals surface area contributed by atoms with Crippen LogP contribution in [0.4, 0.5) is 0 Å². The molecule has 4 heteroatoms. The summed E-state index contributed by atoms with van der Waals surface area (Å²) in [5.41, 5.74) is 2.24. The van der Waals surface area contributed by atoms with Crippen molar-refractivity contribution < 1.29 is 4.79 Å². The van der Waals surface area contributed by atoms with Crippen LogP contribution in [0.25, 0.3) is 11.3 Å². The topological polar surface area (TPSA) is 46.1 Å². The minimum atomic E-state index is 0.0235. The van der Waals surface area contributed by atoms with Gasteiger partial charge in [0.25, 0.3) is 5.91 Å². The van der Waals surface area contributed by atoms with E-state index in [9.17, 15) is 4.79 Å². The van der Waals surface area contributed by atoms with Crippen LogP contribution in [0.2, 0.25) is 0 Å². The van der Waals surface area contributed by atoms with Gasteiger partial charge in [-0.3, -0.25) is 14.8 Å². The molecule has 0 atom stereocenters. The number of aromatic nitrogens is 2. The molecule has 0 unspecified atom stereocenters. The van der Waals surface area contributed by atoms with E-state index in [0.29, 0.717) is 24.3 Å². The Hall–Kier alpha value is -2.67. The molecule has 1 aliphatic rings. The summed E-state index contributed by atoms with van der Waals surface area (Å²) >= 11 is 0. The first-order valence-corrected chi connectivity index (χ1v) is 8.82. The van der Waals surface area contributed by atoms with Crippen molar-refractivity contribution in [1.82, 2.24) is 14.9 Å². The highest BCUT2D eigenvalue weighted by atomic mass is 16.2. The van der Waals surface area contributed by atoms with E-state index in [1.54, 1.807) is 24.7 Å². The number of piperidine rings is 1. The summed E-state index contributed by atoms with van der Waals surface area (Å²) in [6, 6.07) is 7.36. The molecule has 3 heterocycles. The first-order valence-electron chi connectivity index (χ1n) is 8.82. The van der Waals surface area contributed by atoms with E-state index < -0.39 is 0 Å². The predicted molar refractivity (Wildman–Crippen MR) is 101 cm³/mol. The summed E-state index contributed by atoms with van der Waals surface area (Å²) in [6.45, 7) is 5.66. The van der Waals surface area contributed by atoms with Gasteiger partial charge in [-0.25, -0.2) is 0 Å². The molecule has 4 nitrogen and oxygen atoms in total. The number of pyridine rings is 2. The molecule has 2 aromatic heterocycles.